The van der Waals surface area contributed by atoms with E-state index in [4.69, 9.17) is 9.47 Å². The van der Waals surface area contributed by atoms with Crippen molar-refractivity contribution in [2.75, 3.05) is 0 Å². The van der Waals surface area contributed by atoms with Crippen LogP contribution in [0.1, 0.15) is 51.4 Å². The van der Waals surface area contributed by atoms with Crippen molar-refractivity contribution in [3.63, 3.8) is 0 Å². The monoisotopic (exact) mass is 416 g/mol. The zero-order chi connectivity index (χ0) is 19.9. The van der Waals surface area contributed by atoms with Crippen LogP contribution < -0.4 is 9.47 Å². The van der Waals surface area contributed by atoms with E-state index in [1.807, 2.05) is 24.3 Å². The summed E-state index contributed by atoms with van der Waals surface area (Å²) in [6.45, 7) is 0. The van der Waals surface area contributed by atoms with Crippen LogP contribution >= 0.6 is 0 Å². The average Bonchev–Trinajstić information content (AvgIpc) is 2.68. The summed E-state index contributed by atoms with van der Waals surface area (Å²) >= 11 is 0. The molecule has 6 unspecified atom stereocenters. The average molecular weight is 417 g/mol. The van der Waals surface area contributed by atoms with Crippen molar-refractivity contribution >= 4 is 20.5 Å². The maximum absolute atomic E-state index is 10.5. The number of benzene rings is 1. The van der Waals surface area contributed by atoms with E-state index in [1.54, 1.807) is 0 Å². The topological polar surface area (TPSA) is 58.9 Å². The Morgan fingerprint density at radius 2 is 1.25 bits per heavy atom. The molecule has 6 atom stereocenters. The van der Waals surface area contributed by atoms with Crippen LogP contribution in [-0.4, -0.2) is 55.1 Å². The molecule has 6 radical (unpaired) electrons. The molecule has 3 rings (SSSR count). The van der Waals surface area contributed by atoms with Crippen molar-refractivity contribution in [2.24, 2.45) is 11.8 Å². The minimum atomic E-state index is -0.426. The van der Waals surface area contributed by atoms with Crippen LogP contribution in [-0.2, 0) is 0 Å². The van der Waals surface area contributed by atoms with Gasteiger partial charge in [0.15, 0.2) is 0 Å². The first-order chi connectivity index (χ1) is 13.6. The summed E-state index contributed by atoms with van der Waals surface area (Å²) < 4.78 is 12.5. The molecule has 2 N–H and O–H groups in total. The zero-order valence-electron chi connectivity index (χ0n) is 16.6. The van der Waals surface area contributed by atoms with Gasteiger partial charge in [0.25, 0.3) is 0 Å². The van der Waals surface area contributed by atoms with Gasteiger partial charge in [-0.05, 0) is 62.5 Å². The first-order valence-corrected chi connectivity index (χ1v) is 12.1. The molecule has 0 amide bonds. The lowest BCUT2D eigenvalue weighted by Gasteiger charge is -2.36. The van der Waals surface area contributed by atoms with Crippen LogP contribution in [0.15, 0.2) is 24.3 Å². The Balaban J connectivity index is 1.69. The molecule has 2 fully saturated rings. The maximum Gasteiger partial charge on any atom is 0.127 e. The van der Waals surface area contributed by atoms with Gasteiger partial charge in [0.05, 0.1) is 12.2 Å². The lowest BCUT2D eigenvalue weighted by molar-refractivity contribution is -0.0331. The first kappa shape index (κ1) is 21.9. The predicted molar refractivity (Wildman–Crippen MR) is 112 cm³/mol. The Kier molecular flexibility index (Phi) is 8.44. The van der Waals surface area contributed by atoms with Crippen molar-refractivity contribution in [3.05, 3.63) is 24.3 Å². The molecule has 28 heavy (non-hydrogen) atoms. The minimum absolute atomic E-state index is 0.179. The summed E-state index contributed by atoms with van der Waals surface area (Å²) in [5, 5.41) is 21.0. The van der Waals surface area contributed by atoms with Crippen molar-refractivity contribution in [1.29, 1.82) is 0 Å². The Morgan fingerprint density at radius 3 is 1.68 bits per heavy atom. The second-order valence-electron chi connectivity index (χ2n) is 8.23. The number of hydrogen-bond donors (Lipinski definition) is 2. The summed E-state index contributed by atoms with van der Waals surface area (Å²) in [7, 11) is 7.15. The van der Waals surface area contributed by atoms with E-state index in [1.165, 1.54) is 0 Å². The molecule has 6 heteroatoms. The summed E-state index contributed by atoms with van der Waals surface area (Å²) in [4.78, 5) is 0. The largest absolute Gasteiger partial charge is 0.487 e. The lowest BCUT2D eigenvalue weighted by atomic mass is 9.82. The smallest absolute Gasteiger partial charge is 0.127 e. The molecule has 0 aliphatic heterocycles. The van der Waals surface area contributed by atoms with Gasteiger partial charge in [0, 0.05) is 26.6 Å². The Labute approximate surface area is 175 Å². The second-order valence-corrected chi connectivity index (χ2v) is 9.23. The predicted octanol–water partition coefficient (Wildman–Crippen LogP) is 3.46. The molecule has 2 aliphatic carbocycles. The molecule has 4 nitrogen and oxygen atoms in total. The number of hydrogen-bond acceptors (Lipinski definition) is 4. The Morgan fingerprint density at radius 1 is 0.786 bits per heavy atom. The molecule has 0 heterocycles. The summed E-state index contributed by atoms with van der Waals surface area (Å²) in [5.41, 5.74) is 0. The van der Waals surface area contributed by atoms with E-state index < -0.39 is 12.2 Å². The Hall–Kier alpha value is -0.826. The van der Waals surface area contributed by atoms with Crippen LogP contribution in [0.5, 0.6) is 11.5 Å². The quantitative estimate of drug-likeness (QED) is 0.637. The van der Waals surface area contributed by atoms with Gasteiger partial charge in [0.1, 0.15) is 23.7 Å². The molecule has 0 bridgehead atoms. The molecule has 2 aliphatic rings. The number of aliphatic hydroxyl groups excluding tert-OH is 2. The standard InChI is InChI=1S/C22H32O4Si2/c23-19-8-1-4-15(10-12-27)21(19)25-17-6-3-7-18(14-17)26-22-16(11-13-28)5-2-9-20(22)24/h3,6-7,14-16,19-24H,1-2,4-5,8-13H2. The van der Waals surface area contributed by atoms with E-state index >= 15 is 0 Å². The highest BCUT2D eigenvalue weighted by molar-refractivity contribution is 6.08. The van der Waals surface area contributed by atoms with Gasteiger partial charge in [-0.1, -0.05) is 31.0 Å². The molecule has 0 saturated heterocycles. The zero-order valence-corrected chi connectivity index (χ0v) is 18.6. The lowest BCUT2D eigenvalue weighted by Crippen LogP contribution is -2.42. The molecule has 2 saturated carbocycles. The molecular formula is C22H32O4Si2. The van der Waals surface area contributed by atoms with E-state index in [2.05, 4.69) is 20.5 Å². The third-order valence-corrected chi connectivity index (χ3v) is 6.79. The van der Waals surface area contributed by atoms with Gasteiger partial charge in [-0.3, -0.25) is 0 Å². The van der Waals surface area contributed by atoms with Crippen molar-refractivity contribution in [1.82, 2.24) is 0 Å². The summed E-state index contributed by atoms with van der Waals surface area (Å²) in [6, 6.07) is 9.49. The molecular weight excluding hydrogens is 384 g/mol. The molecule has 1 aromatic rings. The van der Waals surface area contributed by atoms with Crippen LogP contribution in [0.25, 0.3) is 0 Å². The van der Waals surface area contributed by atoms with E-state index in [-0.39, 0.29) is 12.2 Å². The van der Waals surface area contributed by atoms with Gasteiger partial charge in [-0.15, -0.1) is 0 Å². The molecule has 152 valence electrons. The Bertz CT molecular complexity index is 548. The fourth-order valence-electron chi connectivity index (χ4n) is 4.74. The van der Waals surface area contributed by atoms with Crippen LogP contribution in [0.3, 0.4) is 0 Å². The minimum Gasteiger partial charge on any atom is -0.487 e. The molecule has 0 aromatic heterocycles. The molecule has 0 spiro atoms. The second kappa shape index (κ2) is 10.8. The van der Waals surface area contributed by atoms with Crippen molar-refractivity contribution < 1.29 is 19.7 Å². The van der Waals surface area contributed by atoms with Gasteiger partial charge < -0.3 is 19.7 Å². The number of rotatable bonds is 8. The van der Waals surface area contributed by atoms with Gasteiger partial charge in [-0.2, -0.15) is 0 Å². The fourth-order valence-corrected chi connectivity index (χ4v) is 5.48. The maximum atomic E-state index is 10.5. The van der Waals surface area contributed by atoms with Gasteiger partial charge in [-0.25, -0.2) is 0 Å². The summed E-state index contributed by atoms with van der Waals surface area (Å²) in [5.74, 6) is 2.16. The third-order valence-electron chi connectivity index (χ3n) is 6.22. The highest BCUT2D eigenvalue weighted by atomic mass is 28.1. The van der Waals surface area contributed by atoms with Gasteiger partial charge >= 0.3 is 0 Å². The summed E-state index contributed by atoms with van der Waals surface area (Å²) in [6.07, 6.45) is 6.65. The van der Waals surface area contributed by atoms with Crippen LogP contribution in [0.4, 0.5) is 0 Å². The number of ether oxygens (including phenoxy) is 2. The highest BCUT2D eigenvalue weighted by Crippen LogP contribution is 2.35. The first-order valence-electron chi connectivity index (χ1n) is 10.7. The van der Waals surface area contributed by atoms with Crippen LogP contribution in [0, 0.1) is 11.8 Å². The van der Waals surface area contributed by atoms with Crippen molar-refractivity contribution in [2.45, 2.75) is 87.9 Å². The van der Waals surface area contributed by atoms with E-state index in [9.17, 15) is 10.2 Å². The third kappa shape index (κ3) is 5.62. The number of aliphatic hydroxyl groups is 2. The SMILES string of the molecule is OC1CCCC(CC[Si])C1Oc1cccc(OC2C(O)CCCC2CC[Si])c1. The molecule has 1 aromatic carbocycles. The fraction of sp³-hybridized carbons (Fsp3) is 0.727. The van der Waals surface area contributed by atoms with Crippen molar-refractivity contribution in [3.8, 4) is 11.5 Å². The van der Waals surface area contributed by atoms with Crippen LogP contribution in [0.2, 0.25) is 12.1 Å². The normalized spacial score (nSPS) is 33.4. The van der Waals surface area contributed by atoms with Gasteiger partial charge in [0.2, 0.25) is 0 Å². The van der Waals surface area contributed by atoms with E-state index in [0.29, 0.717) is 11.8 Å². The van der Waals surface area contributed by atoms with E-state index in [0.717, 1.165) is 75.0 Å². The highest BCUT2D eigenvalue weighted by Gasteiger charge is 2.35.